The number of imidazole rings is 1. The number of benzene rings is 1. The van der Waals surface area contributed by atoms with Gasteiger partial charge in [0.25, 0.3) is 0 Å². The summed E-state index contributed by atoms with van der Waals surface area (Å²) in [5.41, 5.74) is 2.94. The normalized spacial score (nSPS) is 11.5. The lowest BCUT2D eigenvalue weighted by molar-refractivity contribution is 0.628. The van der Waals surface area contributed by atoms with E-state index in [1.807, 2.05) is 16.7 Å². The number of alkyl halides is 1. The summed E-state index contributed by atoms with van der Waals surface area (Å²) in [6.07, 6.45) is 7.03. The van der Waals surface area contributed by atoms with Crippen LogP contribution in [0.25, 0.3) is 22.4 Å². The first kappa shape index (κ1) is 13.7. The molecule has 2 heterocycles. The Labute approximate surface area is 125 Å². The van der Waals surface area contributed by atoms with E-state index in [1.54, 1.807) is 18.5 Å². The second-order valence-electron chi connectivity index (χ2n) is 4.42. The van der Waals surface area contributed by atoms with Crippen LogP contribution in [0.5, 0.6) is 0 Å². The Hall–Kier alpha value is -2.27. The van der Waals surface area contributed by atoms with Crippen LogP contribution in [0.3, 0.4) is 0 Å². The minimum atomic E-state index is -0.277. The van der Waals surface area contributed by atoms with E-state index in [0.717, 1.165) is 11.2 Å². The number of aromatic nitrogens is 4. The van der Waals surface area contributed by atoms with Gasteiger partial charge in [-0.15, -0.1) is 11.6 Å². The van der Waals surface area contributed by atoms with Crippen molar-refractivity contribution < 1.29 is 4.39 Å². The van der Waals surface area contributed by atoms with E-state index in [-0.39, 0.29) is 5.82 Å². The monoisotopic (exact) mass is 302 g/mol. The van der Waals surface area contributed by atoms with Crippen molar-refractivity contribution in [3.05, 3.63) is 54.9 Å². The summed E-state index contributed by atoms with van der Waals surface area (Å²) in [4.78, 5) is 12.9. The molecule has 6 heteroatoms. The molecule has 4 nitrogen and oxygen atoms in total. The molecule has 1 aromatic carbocycles. The molecule has 0 amide bonds. The molecule has 0 bridgehead atoms. The number of hydrogen-bond donors (Lipinski definition) is 0. The molecule has 106 valence electrons. The van der Waals surface area contributed by atoms with Gasteiger partial charge in [-0.3, -0.25) is 0 Å². The lowest BCUT2D eigenvalue weighted by Crippen LogP contribution is -1.96. The maximum absolute atomic E-state index is 13.0. The van der Waals surface area contributed by atoms with Gasteiger partial charge in [0.2, 0.25) is 0 Å². The molecule has 0 saturated heterocycles. The van der Waals surface area contributed by atoms with Crippen molar-refractivity contribution >= 4 is 22.8 Å². The van der Waals surface area contributed by atoms with Gasteiger partial charge >= 0.3 is 0 Å². The van der Waals surface area contributed by atoms with Crippen LogP contribution < -0.4 is 0 Å². The van der Waals surface area contributed by atoms with Gasteiger partial charge in [0.05, 0.1) is 6.33 Å². The van der Waals surface area contributed by atoms with Crippen LogP contribution >= 0.6 is 11.6 Å². The van der Waals surface area contributed by atoms with Crippen molar-refractivity contribution in [3.8, 4) is 11.3 Å². The average Bonchev–Trinajstić information content (AvgIpc) is 2.92. The van der Waals surface area contributed by atoms with E-state index in [9.17, 15) is 4.39 Å². The molecular formula is C15H12ClFN4. The summed E-state index contributed by atoms with van der Waals surface area (Å²) >= 11 is 5.61. The summed E-state index contributed by atoms with van der Waals surface area (Å²) in [5.74, 6) is 0.198. The quantitative estimate of drug-likeness (QED) is 0.548. The highest BCUT2D eigenvalue weighted by molar-refractivity contribution is 6.18. The number of hydrogen-bond acceptors (Lipinski definition) is 3. The Balaban J connectivity index is 2.05. The Bertz CT molecular complexity index is 780. The van der Waals surface area contributed by atoms with Crippen LogP contribution in [0.15, 0.2) is 49.1 Å². The van der Waals surface area contributed by atoms with E-state index in [1.165, 1.54) is 18.5 Å². The largest absolute Gasteiger partial charge is 0.311 e. The molecule has 0 aliphatic carbocycles. The van der Waals surface area contributed by atoms with E-state index in [0.29, 0.717) is 23.6 Å². The van der Waals surface area contributed by atoms with Crippen molar-refractivity contribution in [1.82, 2.24) is 19.5 Å². The first-order valence-corrected chi connectivity index (χ1v) is 6.96. The molecule has 0 N–H and O–H groups in total. The predicted molar refractivity (Wildman–Crippen MR) is 80.6 cm³/mol. The number of fused-ring (bicyclic) bond motifs is 1. The zero-order valence-corrected chi connectivity index (χ0v) is 11.8. The zero-order chi connectivity index (χ0) is 14.7. The third-order valence-corrected chi connectivity index (χ3v) is 3.25. The van der Waals surface area contributed by atoms with E-state index < -0.39 is 0 Å². The first-order valence-electron chi connectivity index (χ1n) is 6.42. The van der Waals surface area contributed by atoms with Crippen molar-refractivity contribution in [1.29, 1.82) is 0 Å². The molecule has 3 rings (SSSR count). The number of nitrogens with zero attached hydrogens (tertiary/aromatic N) is 4. The summed E-state index contributed by atoms with van der Waals surface area (Å²) in [6, 6.07) is 6.18. The molecule has 0 aliphatic heterocycles. The highest BCUT2D eigenvalue weighted by atomic mass is 35.5. The minimum Gasteiger partial charge on any atom is -0.311 e. The van der Waals surface area contributed by atoms with Gasteiger partial charge in [-0.25, -0.2) is 19.3 Å². The molecule has 3 aromatic rings. The van der Waals surface area contributed by atoms with E-state index in [2.05, 4.69) is 15.0 Å². The van der Waals surface area contributed by atoms with Gasteiger partial charge < -0.3 is 4.57 Å². The molecule has 0 unspecified atom stereocenters. The molecule has 21 heavy (non-hydrogen) atoms. The summed E-state index contributed by atoms with van der Waals surface area (Å²) in [5, 5.41) is 0. The lowest BCUT2D eigenvalue weighted by Gasteiger charge is -2.02. The molecule has 0 aliphatic rings. The maximum atomic E-state index is 13.0. The fraction of sp³-hybridized carbons (Fsp3) is 0.133. The second kappa shape index (κ2) is 6.01. The Morgan fingerprint density at radius 1 is 1.10 bits per heavy atom. The lowest BCUT2D eigenvalue weighted by atomic mass is 10.1. The fourth-order valence-corrected chi connectivity index (χ4v) is 2.21. The Kier molecular flexibility index (Phi) is 3.92. The molecule has 0 radical (unpaired) electrons. The van der Waals surface area contributed by atoms with Crippen LogP contribution in [0.4, 0.5) is 4.39 Å². The van der Waals surface area contributed by atoms with Crippen LogP contribution in [-0.2, 0) is 6.54 Å². The van der Waals surface area contributed by atoms with Crippen molar-refractivity contribution in [2.75, 3.05) is 5.88 Å². The van der Waals surface area contributed by atoms with Gasteiger partial charge in [-0.2, -0.15) is 0 Å². The predicted octanol–water partition coefficient (Wildman–Crippen LogP) is 3.43. The van der Waals surface area contributed by atoms with Gasteiger partial charge in [0, 0.05) is 18.0 Å². The van der Waals surface area contributed by atoms with Crippen LogP contribution in [0.2, 0.25) is 0 Å². The van der Waals surface area contributed by atoms with Gasteiger partial charge in [0.15, 0.2) is 5.65 Å². The van der Waals surface area contributed by atoms with Gasteiger partial charge in [-0.1, -0.05) is 12.2 Å². The zero-order valence-electron chi connectivity index (χ0n) is 11.1. The third kappa shape index (κ3) is 2.78. The highest BCUT2D eigenvalue weighted by Crippen LogP contribution is 2.24. The molecule has 0 spiro atoms. The van der Waals surface area contributed by atoms with Crippen LogP contribution in [-0.4, -0.2) is 25.4 Å². The summed E-state index contributed by atoms with van der Waals surface area (Å²) in [7, 11) is 0. The maximum Gasteiger partial charge on any atom is 0.164 e. The van der Waals surface area contributed by atoms with E-state index in [4.69, 9.17) is 11.6 Å². The van der Waals surface area contributed by atoms with Crippen molar-refractivity contribution in [2.45, 2.75) is 6.54 Å². The highest BCUT2D eigenvalue weighted by Gasteiger charge is 2.11. The fourth-order valence-electron chi connectivity index (χ4n) is 2.08. The standard InChI is InChI=1S/C15H12ClFN4/c16-7-1-2-8-21-10-20-14-13(18-9-19-15(14)21)11-3-5-12(17)6-4-11/h1-6,9-10H,7-8H2/b2-1+. The second-order valence-corrected chi connectivity index (χ2v) is 4.73. The Morgan fingerprint density at radius 3 is 2.67 bits per heavy atom. The van der Waals surface area contributed by atoms with Gasteiger partial charge in [0.1, 0.15) is 23.4 Å². The van der Waals surface area contributed by atoms with Crippen molar-refractivity contribution in [2.24, 2.45) is 0 Å². The minimum absolute atomic E-state index is 0.277. The molecule has 2 aromatic heterocycles. The third-order valence-electron chi connectivity index (χ3n) is 3.08. The molecule has 0 saturated carbocycles. The molecular weight excluding hydrogens is 291 g/mol. The van der Waals surface area contributed by atoms with Crippen LogP contribution in [0, 0.1) is 5.82 Å². The average molecular weight is 303 g/mol. The summed E-state index contributed by atoms with van der Waals surface area (Å²) < 4.78 is 14.9. The topological polar surface area (TPSA) is 43.6 Å². The molecule has 0 atom stereocenters. The molecule has 0 fully saturated rings. The SMILES string of the molecule is Fc1ccc(-c2ncnc3c2ncn3C/C=C/CCl)cc1. The van der Waals surface area contributed by atoms with Crippen molar-refractivity contribution in [3.63, 3.8) is 0 Å². The van der Waals surface area contributed by atoms with Gasteiger partial charge in [-0.05, 0) is 24.3 Å². The number of allylic oxidation sites excluding steroid dienone is 2. The summed E-state index contributed by atoms with van der Waals surface area (Å²) in [6.45, 7) is 0.642. The first-order chi connectivity index (χ1) is 10.3. The van der Waals surface area contributed by atoms with E-state index >= 15 is 0 Å². The number of rotatable bonds is 4. The number of halogens is 2. The smallest absolute Gasteiger partial charge is 0.164 e. The Morgan fingerprint density at radius 2 is 1.90 bits per heavy atom. The van der Waals surface area contributed by atoms with Crippen LogP contribution in [0.1, 0.15) is 0 Å².